The number of hydrogen-bond donors (Lipinski definition) is 0. The number of nitriles is 1. The van der Waals surface area contributed by atoms with Gasteiger partial charge in [0.25, 0.3) is 5.56 Å². The third-order valence-corrected chi connectivity index (χ3v) is 8.14. The summed E-state index contributed by atoms with van der Waals surface area (Å²) in [5.74, 6) is 1.19. The molecular weight excluding hydrogens is 455 g/mol. The molecule has 7 nitrogen and oxygen atoms in total. The van der Waals surface area contributed by atoms with Crippen LogP contribution in [-0.2, 0) is 13.5 Å². The highest BCUT2D eigenvalue weighted by atomic mass is 19.1. The fourth-order valence-corrected chi connectivity index (χ4v) is 5.75. The molecule has 3 aromatic rings. The summed E-state index contributed by atoms with van der Waals surface area (Å²) >= 11 is 0. The zero-order chi connectivity index (χ0) is 25.6. The van der Waals surface area contributed by atoms with E-state index in [0.717, 1.165) is 55.7 Å². The molecule has 190 valence electrons. The Balaban J connectivity index is 1.48. The summed E-state index contributed by atoms with van der Waals surface area (Å²) in [7, 11) is 1.73. The van der Waals surface area contributed by atoms with Crippen molar-refractivity contribution in [3.05, 3.63) is 63.3 Å². The topological polar surface area (TPSA) is 69.6 Å². The minimum absolute atomic E-state index is 0.0463. The summed E-state index contributed by atoms with van der Waals surface area (Å²) in [5, 5.41) is 13.8. The van der Waals surface area contributed by atoms with Crippen LogP contribution in [0.3, 0.4) is 0 Å². The van der Waals surface area contributed by atoms with Gasteiger partial charge < -0.3 is 4.90 Å². The van der Waals surface area contributed by atoms with E-state index in [2.05, 4.69) is 47.8 Å². The van der Waals surface area contributed by atoms with Crippen molar-refractivity contribution in [2.75, 3.05) is 18.0 Å². The van der Waals surface area contributed by atoms with Crippen LogP contribution in [0.5, 0.6) is 0 Å². The number of halogens is 1. The molecule has 1 saturated carbocycles. The first kappa shape index (κ1) is 24.5. The maximum atomic E-state index is 15.2. The summed E-state index contributed by atoms with van der Waals surface area (Å²) in [5.41, 5.74) is 3.11. The molecule has 5 rings (SSSR count). The first-order valence-electron chi connectivity index (χ1n) is 13.1. The summed E-state index contributed by atoms with van der Waals surface area (Å²) in [4.78, 5) is 17.6. The van der Waals surface area contributed by atoms with Gasteiger partial charge in [0, 0.05) is 56.0 Å². The zero-order valence-corrected chi connectivity index (χ0v) is 21.6. The van der Waals surface area contributed by atoms with Gasteiger partial charge in [-0.15, -0.1) is 0 Å². The lowest BCUT2D eigenvalue weighted by atomic mass is 9.96. The third kappa shape index (κ3) is 4.30. The molecule has 0 N–H and O–H groups in total. The second kappa shape index (κ2) is 9.70. The monoisotopic (exact) mass is 490 g/mol. The van der Waals surface area contributed by atoms with Gasteiger partial charge in [0.2, 0.25) is 0 Å². The Morgan fingerprint density at radius 2 is 1.89 bits per heavy atom. The van der Waals surface area contributed by atoms with Crippen LogP contribution in [-0.4, -0.2) is 44.3 Å². The molecule has 1 unspecified atom stereocenters. The molecule has 36 heavy (non-hydrogen) atoms. The Hall–Kier alpha value is -3.18. The molecule has 1 aromatic carbocycles. The second-order valence-corrected chi connectivity index (χ2v) is 10.3. The zero-order valence-electron chi connectivity index (χ0n) is 21.6. The molecule has 3 atom stereocenters. The number of piperazine rings is 1. The molecule has 0 spiro atoms. The molecular formula is C28H35FN6O. The van der Waals surface area contributed by atoms with E-state index in [1.165, 1.54) is 0 Å². The van der Waals surface area contributed by atoms with Crippen LogP contribution >= 0.6 is 0 Å². The van der Waals surface area contributed by atoms with Crippen molar-refractivity contribution >= 4 is 11.5 Å². The highest BCUT2D eigenvalue weighted by molar-refractivity contribution is 5.52. The fraction of sp³-hybridized carbons (Fsp3) is 0.536. The second-order valence-electron chi connectivity index (χ2n) is 10.3. The number of rotatable bonds is 7. The van der Waals surface area contributed by atoms with Crippen molar-refractivity contribution in [1.82, 2.24) is 19.1 Å². The van der Waals surface area contributed by atoms with Gasteiger partial charge in [0.15, 0.2) is 0 Å². The molecule has 0 bridgehead atoms. The normalized spacial score (nSPS) is 21.6. The number of benzene rings is 1. The van der Waals surface area contributed by atoms with Crippen LogP contribution in [0.1, 0.15) is 75.2 Å². The van der Waals surface area contributed by atoms with E-state index in [9.17, 15) is 4.79 Å². The van der Waals surface area contributed by atoms with E-state index in [4.69, 9.17) is 5.26 Å². The number of nitrogens with zero attached hydrogens (tertiary/aromatic N) is 6. The Morgan fingerprint density at radius 3 is 2.53 bits per heavy atom. The Kier molecular flexibility index (Phi) is 6.60. The summed E-state index contributed by atoms with van der Waals surface area (Å²) in [6.07, 6.45) is 4.31. The highest BCUT2D eigenvalue weighted by Gasteiger charge is 2.37. The predicted octanol–water partition coefficient (Wildman–Crippen LogP) is 4.56. The van der Waals surface area contributed by atoms with E-state index in [-0.39, 0.29) is 35.9 Å². The minimum atomic E-state index is -0.105. The van der Waals surface area contributed by atoms with Crippen LogP contribution in [0.25, 0.3) is 5.65 Å². The lowest BCUT2D eigenvalue weighted by molar-refractivity contribution is 0.0986. The lowest BCUT2D eigenvalue weighted by Crippen LogP contribution is -2.59. The van der Waals surface area contributed by atoms with Crippen molar-refractivity contribution in [3.63, 3.8) is 0 Å². The quantitative estimate of drug-likeness (QED) is 0.486. The standard InChI is InChI=1S/C28H35FN6O/c1-5-22-17-34(27-15-28(36)32(4)26-14-21(11-12-30)31-35(26)27)23(6-2)16-33(22)18(3)24-10-9-20(13-25(24)29)19-7-8-19/h9-10,13-15,18-19,22-23H,5-8,11,16-17H2,1-4H3/t18?,22-,23+/m1/s1. The minimum Gasteiger partial charge on any atom is -0.351 e. The van der Waals surface area contributed by atoms with Crippen molar-refractivity contribution in [1.29, 1.82) is 5.26 Å². The number of aryl methyl sites for hydroxylation is 1. The van der Waals surface area contributed by atoms with Gasteiger partial charge in [-0.3, -0.25) is 14.3 Å². The molecule has 8 heteroatoms. The van der Waals surface area contributed by atoms with Gasteiger partial charge in [-0.2, -0.15) is 10.4 Å². The van der Waals surface area contributed by atoms with Gasteiger partial charge in [0.05, 0.1) is 18.2 Å². The third-order valence-electron chi connectivity index (χ3n) is 8.14. The SMILES string of the molecule is CC[C@H]1CN(C(C)c2ccc(C3CC3)cc2F)[C@H](CC)CN1c1cc(=O)n(C)c2cc(CC#N)nn12. The molecule has 0 amide bonds. The van der Waals surface area contributed by atoms with Crippen molar-refractivity contribution in [2.45, 2.75) is 76.9 Å². The van der Waals surface area contributed by atoms with Gasteiger partial charge >= 0.3 is 0 Å². The number of hydrogen-bond acceptors (Lipinski definition) is 5. The van der Waals surface area contributed by atoms with Crippen molar-refractivity contribution < 1.29 is 4.39 Å². The number of fused-ring (bicyclic) bond motifs is 1. The van der Waals surface area contributed by atoms with Crippen LogP contribution in [0.4, 0.5) is 10.2 Å². The first-order valence-corrected chi connectivity index (χ1v) is 13.1. The van der Waals surface area contributed by atoms with E-state index in [1.807, 2.05) is 12.1 Å². The largest absolute Gasteiger partial charge is 0.351 e. The molecule has 1 aliphatic heterocycles. The van der Waals surface area contributed by atoms with Gasteiger partial charge in [-0.1, -0.05) is 26.0 Å². The van der Waals surface area contributed by atoms with Crippen molar-refractivity contribution in [2.24, 2.45) is 7.05 Å². The molecule has 3 heterocycles. The van der Waals surface area contributed by atoms with E-state index < -0.39 is 0 Å². The Morgan fingerprint density at radius 1 is 1.14 bits per heavy atom. The summed E-state index contributed by atoms with van der Waals surface area (Å²) < 4.78 is 18.6. The van der Waals surface area contributed by atoms with E-state index in [0.29, 0.717) is 17.3 Å². The van der Waals surface area contributed by atoms with E-state index in [1.54, 1.807) is 28.3 Å². The summed E-state index contributed by atoms with van der Waals surface area (Å²) in [6, 6.07) is 11.7. The maximum absolute atomic E-state index is 15.2. The van der Waals surface area contributed by atoms with E-state index >= 15 is 4.39 Å². The average Bonchev–Trinajstić information content (AvgIpc) is 3.65. The first-order chi connectivity index (χ1) is 17.4. The van der Waals surface area contributed by atoms with Crippen LogP contribution in [0.2, 0.25) is 0 Å². The van der Waals surface area contributed by atoms with Crippen LogP contribution in [0.15, 0.2) is 35.1 Å². The smallest absolute Gasteiger partial charge is 0.255 e. The number of anilines is 1. The summed E-state index contributed by atoms with van der Waals surface area (Å²) in [6.45, 7) is 7.92. The van der Waals surface area contributed by atoms with Crippen LogP contribution in [0, 0.1) is 17.1 Å². The van der Waals surface area contributed by atoms with Crippen LogP contribution < -0.4 is 10.5 Å². The predicted molar refractivity (Wildman–Crippen MR) is 139 cm³/mol. The molecule has 2 aliphatic rings. The maximum Gasteiger partial charge on any atom is 0.255 e. The van der Waals surface area contributed by atoms with Gasteiger partial charge in [0.1, 0.15) is 17.3 Å². The molecule has 2 fully saturated rings. The van der Waals surface area contributed by atoms with Gasteiger partial charge in [-0.25, -0.2) is 8.91 Å². The average molecular weight is 491 g/mol. The Bertz CT molecular complexity index is 1370. The van der Waals surface area contributed by atoms with Gasteiger partial charge in [-0.05, 0) is 50.2 Å². The fourth-order valence-electron chi connectivity index (χ4n) is 5.75. The molecule has 1 saturated heterocycles. The lowest BCUT2D eigenvalue weighted by Gasteiger charge is -2.49. The number of aromatic nitrogens is 3. The molecule has 2 aromatic heterocycles. The Labute approximate surface area is 211 Å². The molecule has 1 aliphatic carbocycles. The highest BCUT2D eigenvalue weighted by Crippen LogP contribution is 2.41. The molecule has 0 radical (unpaired) electrons. The van der Waals surface area contributed by atoms with Crippen molar-refractivity contribution in [3.8, 4) is 6.07 Å².